The van der Waals surface area contributed by atoms with Crippen molar-refractivity contribution >= 4 is 24.0 Å². The Morgan fingerprint density at radius 3 is 2.90 bits per heavy atom. The molecule has 1 fully saturated rings. The monoisotopic (exact) mass is 332 g/mol. The van der Waals surface area contributed by atoms with Crippen LogP contribution in [0.3, 0.4) is 0 Å². The first kappa shape index (κ1) is 16.7. The number of halogens is 2. The molecule has 1 atom stereocenters. The number of hydrogen-bond acceptors (Lipinski definition) is 4. The molecule has 2 aliphatic heterocycles. The molecule has 21 heavy (non-hydrogen) atoms. The second kappa shape index (κ2) is 7.54. The molecule has 1 saturated heterocycles. The summed E-state index contributed by atoms with van der Waals surface area (Å²) in [5.74, 6) is 2.07. The van der Waals surface area contributed by atoms with Crippen LogP contribution in [0.2, 0.25) is 5.02 Å². The van der Waals surface area contributed by atoms with Gasteiger partial charge in [-0.05, 0) is 49.5 Å². The van der Waals surface area contributed by atoms with Gasteiger partial charge >= 0.3 is 0 Å². The zero-order valence-corrected chi connectivity index (χ0v) is 13.6. The number of piperidine rings is 1. The Morgan fingerprint density at radius 1 is 1.29 bits per heavy atom. The van der Waals surface area contributed by atoms with E-state index in [2.05, 4.69) is 4.90 Å². The Labute approximate surface area is 136 Å². The average molecular weight is 333 g/mol. The molecule has 6 heteroatoms. The largest absolute Gasteiger partial charge is 0.486 e. The fourth-order valence-corrected chi connectivity index (χ4v) is 3.29. The molecular formula is C15H22Cl2N2O2. The third-order valence-electron chi connectivity index (χ3n) is 4.00. The van der Waals surface area contributed by atoms with Crippen LogP contribution in [0.15, 0.2) is 12.1 Å². The van der Waals surface area contributed by atoms with E-state index in [1.54, 1.807) is 0 Å². The lowest BCUT2D eigenvalue weighted by Crippen LogP contribution is -2.37. The zero-order valence-electron chi connectivity index (χ0n) is 12.0. The van der Waals surface area contributed by atoms with E-state index < -0.39 is 0 Å². The maximum Gasteiger partial charge on any atom is 0.179 e. The number of rotatable bonds is 3. The van der Waals surface area contributed by atoms with E-state index in [9.17, 15) is 0 Å². The highest BCUT2D eigenvalue weighted by molar-refractivity contribution is 6.32. The first-order chi connectivity index (χ1) is 9.76. The predicted molar refractivity (Wildman–Crippen MR) is 86.7 cm³/mol. The van der Waals surface area contributed by atoms with Gasteiger partial charge in [-0.2, -0.15) is 0 Å². The highest BCUT2D eigenvalue weighted by Crippen LogP contribution is 2.38. The molecule has 2 aliphatic rings. The maximum atomic E-state index is 6.28. The van der Waals surface area contributed by atoms with E-state index in [0.717, 1.165) is 31.9 Å². The van der Waals surface area contributed by atoms with E-state index in [0.29, 0.717) is 29.9 Å². The van der Waals surface area contributed by atoms with Crippen LogP contribution in [0, 0.1) is 5.92 Å². The molecular weight excluding hydrogens is 311 g/mol. The number of hydrogen-bond donors (Lipinski definition) is 1. The molecule has 3 rings (SSSR count). The van der Waals surface area contributed by atoms with Crippen molar-refractivity contribution in [3.63, 3.8) is 0 Å². The molecule has 1 unspecified atom stereocenters. The molecule has 1 aromatic carbocycles. The van der Waals surface area contributed by atoms with Crippen LogP contribution in [0.4, 0.5) is 0 Å². The Kier molecular flexibility index (Phi) is 5.99. The van der Waals surface area contributed by atoms with Gasteiger partial charge in [0.15, 0.2) is 11.5 Å². The van der Waals surface area contributed by atoms with Crippen molar-refractivity contribution in [1.82, 2.24) is 4.90 Å². The lowest BCUT2D eigenvalue weighted by Gasteiger charge is -2.32. The molecule has 0 saturated carbocycles. The molecule has 1 aromatic rings. The standard InChI is InChI=1S/C15H21ClN2O2.ClH/c16-13-6-12(7-14-15(13)20-5-4-19-14)10-18-3-1-2-11(8-17)9-18;/h6-7,11H,1-5,8-10,17H2;1H. The van der Waals surface area contributed by atoms with Crippen LogP contribution in [0.1, 0.15) is 18.4 Å². The average Bonchev–Trinajstić information content (AvgIpc) is 2.47. The quantitative estimate of drug-likeness (QED) is 0.924. The van der Waals surface area contributed by atoms with Crippen molar-refractivity contribution in [3.05, 3.63) is 22.7 Å². The Bertz CT molecular complexity index is 485. The summed E-state index contributed by atoms with van der Waals surface area (Å²) >= 11 is 6.28. The van der Waals surface area contributed by atoms with Gasteiger partial charge in [-0.25, -0.2) is 0 Å². The number of ether oxygens (including phenoxy) is 2. The summed E-state index contributed by atoms with van der Waals surface area (Å²) < 4.78 is 11.2. The first-order valence-electron chi connectivity index (χ1n) is 7.26. The lowest BCUT2D eigenvalue weighted by atomic mass is 9.98. The van der Waals surface area contributed by atoms with Crippen LogP contribution in [0.5, 0.6) is 11.5 Å². The molecule has 0 aliphatic carbocycles. The van der Waals surface area contributed by atoms with E-state index in [4.69, 9.17) is 26.8 Å². The van der Waals surface area contributed by atoms with Crippen molar-refractivity contribution in [3.8, 4) is 11.5 Å². The molecule has 0 radical (unpaired) electrons. The molecule has 0 aromatic heterocycles. The predicted octanol–water partition coefficient (Wildman–Crippen LogP) is 2.70. The fraction of sp³-hybridized carbons (Fsp3) is 0.600. The molecule has 0 bridgehead atoms. The van der Waals surface area contributed by atoms with Gasteiger partial charge in [0.05, 0.1) is 5.02 Å². The molecule has 0 spiro atoms. The summed E-state index contributed by atoms with van der Waals surface area (Å²) in [6.45, 7) is 5.03. The first-order valence-corrected chi connectivity index (χ1v) is 7.64. The zero-order chi connectivity index (χ0) is 13.9. The summed E-state index contributed by atoms with van der Waals surface area (Å²) in [5.41, 5.74) is 6.97. The maximum absolute atomic E-state index is 6.28. The second-order valence-corrected chi connectivity index (χ2v) is 5.99. The highest BCUT2D eigenvalue weighted by atomic mass is 35.5. The second-order valence-electron chi connectivity index (χ2n) is 5.58. The fourth-order valence-electron chi connectivity index (χ4n) is 3.00. The van der Waals surface area contributed by atoms with Crippen molar-refractivity contribution in [2.75, 3.05) is 32.8 Å². The summed E-state index contributed by atoms with van der Waals surface area (Å²) in [6.07, 6.45) is 2.47. The minimum atomic E-state index is 0. The van der Waals surface area contributed by atoms with Gasteiger partial charge in [-0.15, -0.1) is 12.4 Å². The Morgan fingerprint density at radius 2 is 2.10 bits per heavy atom. The van der Waals surface area contributed by atoms with Gasteiger partial charge in [0.25, 0.3) is 0 Å². The number of nitrogens with two attached hydrogens (primary N) is 1. The molecule has 4 nitrogen and oxygen atoms in total. The van der Waals surface area contributed by atoms with Crippen molar-refractivity contribution in [1.29, 1.82) is 0 Å². The summed E-state index contributed by atoms with van der Waals surface area (Å²) in [7, 11) is 0. The van der Waals surface area contributed by atoms with E-state index in [1.807, 2.05) is 12.1 Å². The SMILES string of the molecule is Cl.NCC1CCCN(Cc2cc(Cl)c3c(c2)OCCO3)C1. The lowest BCUT2D eigenvalue weighted by molar-refractivity contribution is 0.165. The van der Waals surface area contributed by atoms with Crippen molar-refractivity contribution in [2.24, 2.45) is 11.7 Å². The van der Waals surface area contributed by atoms with E-state index >= 15 is 0 Å². The summed E-state index contributed by atoms with van der Waals surface area (Å²) in [5, 5.41) is 0.643. The van der Waals surface area contributed by atoms with Crippen LogP contribution in [-0.2, 0) is 6.54 Å². The molecule has 0 amide bonds. The molecule has 118 valence electrons. The van der Waals surface area contributed by atoms with Gasteiger partial charge in [-0.1, -0.05) is 11.6 Å². The number of likely N-dealkylation sites (tertiary alicyclic amines) is 1. The third-order valence-corrected chi connectivity index (χ3v) is 4.28. The number of benzene rings is 1. The van der Waals surface area contributed by atoms with Gasteiger partial charge in [-0.3, -0.25) is 4.90 Å². The smallest absolute Gasteiger partial charge is 0.179 e. The topological polar surface area (TPSA) is 47.7 Å². The molecule has 2 N–H and O–H groups in total. The normalized spacial score (nSPS) is 21.7. The van der Waals surface area contributed by atoms with Crippen LogP contribution >= 0.6 is 24.0 Å². The van der Waals surface area contributed by atoms with Gasteiger partial charge in [0.1, 0.15) is 13.2 Å². The van der Waals surface area contributed by atoms with Crippen molar-refractivity contribution < 1.29 is 9.47 Å². The van der Waals surface area contributed by atoms with Crippen molar-refractivity contribution in [2.45, 2.75) is 19.4 Å². The van der Waals surface area contributed by atoms with Gasteiger partial charge in [0.2, 0.25) is 0 Å². The minimum absolute atomic E-state index is 0. The Hall–Kier alpha value is -0.680. The van der Waals surface area contributed by atoms with Crippen LogP contribution in [-0.4, -0.2) is 37.7 Å². The Balaban J connectivity index is 0.00000161. The number of fused-ring (bicyclic) bond motifs is 1. The van der Waals surface area contributed by atoms with E-state index in [-0.39, 0.29) is 12.4 Å². The summed E-state index contributed by atoms with van der Waals surface area (Å²) in [4.78, 5) is 2.45. The molecule has 2 heterocycles. The minimum Gasteiger partial charge on any atom is -0.486 e. The summed E-state index contributed by atoms with van der Waals surface area (Å²) in [6, 6.07) is 4.04. The van der Waals surface area contributed by atoms with Gasteiger partial charge in [0, 0.05) is 13.1 Å². The van der Waals surface area contributed by atoms with Crippen LogP contribution < -0.4 is 15.2 Å². The van der Waals surface area contributed by atoms with Gasteiger partial charge < -0.3 is 15.2 Å². The van der Waals surface area contributed by atoms with Crippen LogP contribution in [0.25, 0.3) is 0 Å². The third kappa shape index (κ3) is 3.95. The highest BCUT2D eigenvalue weighted by Gasteiger charge is 2.21. The number of nitrogens with zero attached hydrogens (tertiary/aromatic N) is 1. The van der Waals surface area contributed by atoms with E-state index in [1.165, 1.54) is 18.4 Å².